The lowest BCUT2D eigenvalue weighted by molar-refractivity contribution is -0.137. The third-order valence-electron chi connectivity index (χ3n) is 8.01. The minimum Gasteiger partial charge on any atom is -0.369 e. The number of anilines is 2. The molecule has 4 aromatic carbocycles. The van der Waals surface area contributed by atoms with E-state index in [1.54, 1.807) is 24.3 Å². The van der Waals surface area contributed by atoms with Crippen LogP contribution in [0.15, 0.2) is 122 Å². The SMILES string of the molecule is O=C(Nc1ccc(N2CCN(C(Cc3ccccc3)n3cccn3)CC2)cc1)c1ccccc1-c1ccc(C(F)(F)F)cc1. The normalized spacial score (nSPS) is 14.8. The van der Waals surface area contributed by atoms with Crippen LogP contribution in [0.4, 0.5) is 24.5 Å². The standard InChI is InChI=1S/C35H32F3N5O/c36-35(37,38)28-13-11-27(12-14-28)31-9-4-5-10-32(31)34(44)40-29-15-17-30(18-16-29)41-21-23-42(24-22-41)33(43-20-6-19-39-43)25-26-7-2-1-3-8-26/h1-20,33H,21-25H2,(H,40,44). The lowest BCUT2D eigenvalue weighted by atomic mass is 9.98. The molecule has 1 unspecified atom stereocenters. The van der Waals surface area contributed by atoms with Crippen LogP contribution in [-0.2, 0) is 12.6 Å². The fourth-order valence-electron chi connectivity index (χ4n) is 5.68. The van der Waals surface area contributed by atoms with E-state index in [0.29, 0.717) is 22.4 Å². The molecule has 224 valence electrons. The van der Waals surface area contributed by atoms with Crippen molar-refractivity contribution in [2.75, 3.05) is 36.4 Å². The predicted molar refractivity (Wildman–Crippen MR) is 166 cm³/mol. The third-order valence-corrected chi connectivity index (χ3v) is 8.01. The first-order valence-electron chi connectivity index (χ1n) is 14.6. The Morgan fingerprint density at radius 1 is 0.795 bits per heavy atom. The van der Waals surface area contributed by atoms with Crippen molar-refractivity contribution >= 4 is 17.3 Å². The highest BCUT2D eigenvalue weighted by Crippen LogP contribution is 2.32. The van der Waals surface area contributed by atoms with Crippen molar-refractivity contribution in [2.24, 2.45) is 0 Å². The summed E-state index contributed by atoms with van der Waals surface area (Å²) in [7, 11) is 0. The van der Waals surface area contributed by atoms with Crippen molar-refractivity contribution in [3.8, 4) is 11.1 Å². The molecule has 1 aliphatic heterocycles. The van der Waals surface area contributed by atoms with Gasteiger partial charge in [-0.2, -0.15) is 18.3 Å². The van der Waals surface area contributed by atoms with Gasteiger partial charge in [-0.25, -0.2) is 0 Å². The summed E-state index contributed by atoms with van der Waals surface area (Å²) in [6, 6.07) is 31.9. The molecule has 0 bridgehead atoms. The van der Waals surface area contributed by atoms with Gasteiger partial charge in [0, 0.05) is 61.9 Å². The highest BCUT2D eigenvalue weighted by Gasteiger charge is 2.30. The highest BCUT2D eigenvalue weighted by atomic mass is 19.4. The molecule has 1 fully saturated rings. The van der Waals surface area contributed by atoms with E-state index in [9.17, 15) is 18.0 Å². The summed E-state index contributed by atoms with van der Waals surface area (Å²) in [5, 5.41) is 7.48. The molecule has 0 aliphatic carbocycles. The van der Waals surface area contributed by atoms with Gasteiger partial charge in [0.15, 0.2) is 0 Å². The van der Waals surface area contributed by atoms with E-state index in [2.05, 4.69) is 44.5 Å². The van der Waals surface area contributed by atoms with E-state index in [0.717, 1.165) is 50.4 Å². The number of nitrogens with zero attached hydrogens (tertiary/aromatic N) is 4. The van der Waals surface area contributed by atoms with Crippen LogP contribution >= 0.6 is 0 Å². The second-order valence-corrected chi connectivity index (χ2v) is 10.8. The average molecular weight is 596 g/mol. The second kappa shape index (κ2) is 12.8. The molecule has 0 radical (unpaired) electrons. The maximum atomic E-state index is 13.2. The van der Waals surface area contributed by atoms with Crippen LogP contribution in [-0.4, -0.2) is 46.8 Å². The fraction of sp³-hybridized carbons (Fsp3) is 0.200. The van der Waals surface area contributed by atoms with Crippen LogP contribution in [0.25, 0.3) is 11.1 Å². The first kappa shape index (κ1) is 29.2. The van der Waals surface area contributed by atoms with E-state index < -0.39 is 11.7 Å². The van der Waals surface area contributed by atoms with Gasteiger partial charge in [-0.05, 0) is 65.2 Å². The van der Waals surface area contributed by atoms with Crippen LogP contribution < -0.4 is 10.2 Å². The number of benzene rings is 4. The number of nitrogens with one attached hydrogen (secondary N) is 1. The number of halogens is 3. The molecule has 1 aromatic heterocycles. The first-order chi connectivity index (χ1) is 21.3. The van der Waals surface area contributed by atoms with E-state index >= 15 is 0 Å². The Morgan fingerprint density at radius 3 is 2.14 bits per heavy atom. The molecule has 2 heterocycles. The van der Waals surface area contributed by atoms with Crippen molar-refractivity contribution in [2.45, 2.75) is 18.8 Å². The summed E-state index contributed by atoms with van der Waals surface area (Å²) in [6.07, 6.45) is 0.438. The Bertz CT molecular complexity index is 1660. The van der Waals surface area contributed by atoms with E-state index in [-0.39, 0.29) is 12.1 Å². The molecule has 5 aromatic rings. The van der Waals surface area contributed by atoms with Gasteiger partial charge in [0.05, 0.1) is 5.56 Å². The number of amides is 1. The summed E-state index contributed by atoms with van der Waals surface area (Å²) in [5.41, 5.74) is 3.75. The molecular formula is C35H32F3N5O. The van der Waals surface area contributed by atoms with Crippen molar-refractivity contribution in [3.63, 3.8) is 0 Å². The molecule has 6 nitrogen and oxygen atoms in total. The molecule has 1 saturated heterocycles. The molecule has 6 rings (SSSR count). The molecule has 0 saturated carbocycles. The quantitative estimate of drug-likeness (QED) is 0.203. The first-order valence-corrected chi connectivity index (χ1v) is 14.6. The van der Waals surface area contributed by atoms with Gasteiger partial charge in [0.1, 0.15) is 6.17 Å². The summed E-state index contributed by atoms with van der Waals surface area (Å²) in [5.74, 6) is -0.329. The minimum absolute atomic E-state index is 0.137. The zero-order chi connectivity index (χ0) is 30.5. The third kappa shape index (κ3) is 6.68. The van der Waals surface area contributed by atoms with Gasteiger partial charge in [-0.3, -0.25) is 14.4 Å². The van der Waals surface area contributed by atoms with Crippen LogP contribution in [0.2, 0.25) is 0 Å². The van der Waals surface area contributed by atoms with Gasteiger partial charge in [0.2, 0.25) is 0 Å². The van der Waals surface area contributed by atoms with Crippen LogP contribution in [0.1, 0.15) is 27.7 Å². The van der Waals surface area contributed by atoms with Crippen molar-refractivity contribution in [1.82, 2.24) is 14.7 Å². The Balaban J connectivity index is 1.09. The van der Waals surface area contributed by atoms with E-state index in [1.165, 1.54) is 17.7 Å². The number of piperazine rings is 1. The number of hydrogen-bond acceptors (Lipinski definition) is 4. The summed E-state index contributed by atoms with van der Waals surface area (Å²) >= 11 is 0. The number of carbonyl (C=O) groups excluding carboxylic acids is 1. The summed E-state index contributed by atoms with van der Waals surface area (Å²) < 4.78 is 41.1. The maximum absolute atomic E-state index is 13.2. The molecule has 9 heteroatoms. The Morgan fingerprint density at radius 2 is 1.48 bits per heavy atom. The summed E-state index contributed by atoms with van der Waals surface area (Å²) in [4.78, 5) is 18.0. The van der Waals surface area contributed by atoms with Crippen LogP contribution in [0.3, 0.4) is 0 Å². The molecule has 44 heavy (non-hydrogen) atoms. The zero-order valence-corrected chi connectivity index (χ0v) is 24.0. The predicted octanol–water partition coefficient (Wildman–Crippen LogP) is 7.38. The van der Waals surface area contributed by atoms with Gasteiger partial charge in [-0.1, -0.05) is 60.7 Å². The molecule has 1 atom stereocenters. The lowest BCUT2D eigenvalue weighted by Crippen LogP contribution is -2.49. The van der Waals surface area contributed by atoms with Gasteiger partial charge >= 0.3 is 6.18 Å². The topological polar surface area (TPSA) is 53.4 Å². The fourth-order valence-corrected chi connectivity index (χ4v) is 5.68. The number of aromatic nitrogens is 2. The molecule has 1 N–H and O–H groups in total. The second-order valence-electron chi connectivity index (χ2n) is 10.8. The van der Waals surface area contributed by atoms with Crippen molar-refractivity contribution in [3.05, 3.63) is 138 Å². The van der Waals surface area contributed by atoms with Crippen molar-refractivity contribution in [1.29, 1.82) is 0 Å². The van der Waals surface area contributed by atoms with Gasteiger partial charge in [-0.15, -0.1) is 0 Å². The highest BCUT2D eigenvalue weighted by molar-refractivity contribution is 6.08. The molecular weight excluding hydrogens is 563 g/mol. The number of rotatable bonds is 8. The molecule has 1 aliphatic rings. The average Bonchev–Trinajstić information content (AvgIpc) is 3.59. The van der Waals surface area contributed by atoms with Gasteiger partial charge in [0.25, 0.3) is 5.91 Å². The largest absolute Gasteiger partial charge is 0.416 e. The van der Waals surface area contributed by atoms with Crippen LogP contribution in [0.5, 0.6) is 0 Å². The van der Waals surface area contributed by atoms with Crippen molar-refractivity contribution < 1.29 is 18.0 Å². The Kier molecular flexibility index (Phi) is 8.47. The Labute approximate surface area is 254 Å². The smallest absolute Gasteiger partial charge is 0.369 e. The van der Waals surface area contributed by atoms with E-state index in [4.69, 9.17) is 0 Å². The number of hydrogen-bond donors (Lipinski definition) is 1. The molecule has 1 amide bonds. The number of alkyl halides is 3. The minimum atomic E-state index is -4.42. The summed E-state index contributed by atoms with van der Waals surface area (Å²) in [6.45, 7) is 3.49. The Hall–Kier alpha value is -4.89. The molecule has 0 spiro atoms. The monoisotopic (exact) mass is 595 g/mol. The van der Waals surface area contributed by atoms with E-state index in [1.807, 2.05) is 53.5 Å². The van der Waals surface area contributed by atoms with Crippen LogP contribution in [0, 0.1) is 0 Å². The number of carbonyl (C=O) groups is 1. The lowest BCUT2D eigenvalue weighted by Gasteiger charge is -2.40. The zero-order valence-electron chi connectivity index (χ0n) is 24.0. The maximum Gasteiger partial charge on any atom is 0.416 e. The van der Waals surface area contributed by atoms with Gasteiger partial charge < -0.3 is 10.2 Å².